The molecule has 0 radical (unpaired) electrons. The molecule has 116 valence electrons. The lowest BCUT2D eigenvalue weighted by Gasteiger charge is -2.08. The Labute approximate surface area is 129 Å². The molecule has 0 rings (SSSR count). The number of unbranched alkanes of at least 4 members (excludes halogenated alkanes) is 9. The highest BCUT2D eigenvalue weighted by molar-refractivity contribution is 7.80. The molecule has 0 aromatic carbocycles. The molecule has 0 atom stereocenters. The van der Waals surface area contributed by atoms with Crippen LogP contribution in [-0.2, 0) is 0 Å². The lowest BCUT2D eigenvalue weighted by molar-refractivity contribution is 0.358. The summed E-state index contributed by atoms with van der Waals surface area (Å²) in [5.74, 6) is 1.04. The van der Waals surface area contributed by atoms with Crippen LogP contribution >= 0.6 is 25.4 Å². The van der Waals surface area contributed by atoms with Gasteiger partial charge in [0.1, 0.15) is 0 Å². The van der Waals surface area contributed by atoms with Crippen molar-refractivity contribution >= 4 is 25.4 Å². The Hall–Kier alpha value is 0.500. The van der Waals surface area contributed by atoms with Crippen LogP contribution in [0.25, 0.3) is 0 Å². The molecule has 0 aliphatic rings. The molecule has 5 nitrogen and oxygen atoms in total. The SMILES string of the molecule is SCCCCCCCCCCCCNNNNNS. The van der Waals surface area contributed by atoms with Gasteiger partial charge in [0.15, 0.2) is 0 Å². The minimum atomic E-state index is 0.963. The summed E-state index contributed by atoms with van der Waals surface area (Å²) in [4.78, 5) is 2.44. The molecule has 7 heteroatoms. The Morgan fingerprint density at radius 2 is 1.11 bits per heavy atom. The van der Waals surface area contributed by atoms with E-state index in [9.17, 15) is 0 Å². The van der Waals surface area contributed by atoms with Gasteiger partial charge in [-0.1, -0.05) is 64.2 Å². The quantitative estimate of drug-likeness (QED) is 0.135. The van der Waals surface area contributed by atoms with Crippen LogP contribution in [0.5, 0.6) is 0 Å². The fraction of sp³-hybridized carbons (Fsp3) is 1.00. The first-order valence-corrected chi connectivity index (χ1v) is 8.47. The van der Waals surface area contributed by atoms with Crippen LogP contribution in [0.2, 0.25) is 0 Å². The maximum atomic E-state index is 4.22. The lowest BCUT2D eigenvalue weighted by Crippen LogP contribution is -2.53. The van der Waals surface area contributed by atoms with Crippen molar-refractivity contribution in [2.24, 2.45) is 0 Å². The zero-order chi connectivity index (χ0) is 14.0. The van der Waals surface area contributed by atoms with Crippen LogP contribution in [0.3, 0.4) is 0 Å². The topological polar surface area (TPSA) is 60.1 Å². The number of hydrogen-bond donors (Lipinski definition) is 7. The Morgan fingerprint density at radius 1 is 0.579 bits per heavy atom. The van der Waals surface area contributed by atoms with Gasteiger partial charge in [-0.15, -0.1) is 0 Å². The Bertz CT molecular complexity index is 147. The summed E-state index contributed by atoms with van der Waals surface area (Å²) >= 11 is 7.97. The maximum absolute atomic E-state index is 4.22. The van der Waals surface area contributed by atoms with Crippen molar-refractivity contribution < 1.29 is 0 Å². The second kappa shape index (κ2) is 18.5. The van der Waals surface area contributed by atoms with Gasteiger partial charge in [0.25, 0.3) is 0 Å². The monoisotopic (exact) mass is 309 g/mol. The van der Waals surface area contributed by atoms with E-state index in [4.69, 9.17) is 0 Å². The summed E-state index contributed by atoms with van der Waals surface area (Å²) in [5, 5.41) is 0. The van der Waals surface area contributed by atoms with Crippen molar-refractivity contribution in [1.82, 2.24) is 26.9 Å². The van der Waals surface area contributed by atoms with E-state index in [2.05, 4.69) is 52.3 Å². The molecule has 0 fully saturated rings. The average Bonchev–Trinajstić information content (AvgIpc) is 2.43. The van der Waals surface area contributed by atoms with Gasteiger partial charge in [-0.25, -0.2) is 5.43 Å². The molecule has 0 aliphatic carbocycles. The van der Waals surface area contributed by atoms with Crippen LogP contribution in [-0.4, -0.2) is 12.3 Å². The smallest absolute Gasteiger partial charge is 0.0113 e. The number of hydrazine groups is 4. The van der Waals surface area contributed by atoms with Crippen LogP contribution < -0.4 is 26.9 Å². The largest absolute Gasteiger partial charge is 0.243 e. The predicted octanol–water partition coefficient (Wildman–Crippen LogP) is 2.27. The number of thiol groups is 2. The highest BCUT2D eigenvalue weighted by atomic mass is 32.1. The van der Waals surface area contributed by atoms with Gasteiger partial charge in [0, 0.05) is 6.54 Å². The molecule has 0 saturated heterocycles. The molecule has 5 N–H and O–H groups in total. The zero-order valence-electron chi connectivity index (χ0n) is 11.9. The first-order chi connectivity index (χ1) is 9.41. The van der Waals surface area contributed by atoms with Crippen molar-refractivity contribution in [2.45, 2.75) is 64.2 Å². The molecule has 0 aliphatic heterocycles. The van der Waals surface area contributed by atoms with Crippen LogP contribution in [0, 0.1) is 0 Å². The summed E-state index contributed by atoms with van der Waals surface area (Å²) < 4.78 is 0. The third-order valence-corrected chi connectivity index (χ3v) is 3.41. The Balaban J connectivity index is 2.88. The molecular weight excluding hydrogens is 278 g/mol. The van der Waals surface area contributed by atoms with E-state index in [1.54, 1.807) is 0 Å². The standard InChI is InChI=1S/C12H31N5S2/c18-12-10-8-6-4-2-1-3-5-7-9-11-13-14-15-16-17-19/h13-19H,1-12H2. The summed E-state index contributed by atoms with van der Waals surface area (Å²) in [6, 6.07) is 0. The Kier molecular flexibility index (Phi) is 19.0. The van der Waals surface area contributed by atoms with E-state index in [1.165, 1.54) is 64.2 Å². The van der Waals surface area contributed by atoms with E-state index in [0.717, 1.165) is 12.3 Å². The molecule has 0 heterocycles. The summed E-state index contributed by atoms with van der Waals surface area (Å²) in [5.41, 5.74) is 11.1. The van der Waals surface area contributed by atoms with Crippen molar-refractivity contribution in [1.29, 1.82) is 0 Å². The van der Waals surface area contributed by atoms with Gasteiger partial charge in [-0.3, -0.25) is 0 Å². The molecule has 0 bridgehead atoms. The van der Waals surface area contributed by atoms with Gasteiger partial charge >= 0.3 is 0 Å². The normalized spacial score (nSPS) is 11.1. The molecular formula is C12H31N5S2. The van der Waals surface area contributed by atoms with Crippen molar-refractivity contribution in [3.63, 3.8) is 0 Å². The van der Waals surface area contributed by atoms with E-state index >= 15 is 0 Å². The highest BCUT2D eigenvalue weighted by Crippen LogP contribution is 2.10. The fourth-order valence-electron chi connectivity index (χ4n) is 1.91. The van der Waals surface area contributed by atoms with Crippen molar-refractivity contribution in [2.75, 3.05) is 12.3 Å². The minimum absolute atomic E-state index is 0.963. The molecule has 0 unspecified atom stereocenters. The van der Waals surface area contributed by atoms with E-state index in [1.807, 2.05) is 0 Å². The van der Waals surface area contributed by atoms with Crippen LogP contribution in [0.15, 0.2) is 0 Å². The third-order valence-electron chi connectivity index (χ3n) is 2.98. The average molecular weight is 310 g/mol. The van der Waals surface area contributed by atoms with Crippen LogP contribution in [0.4, 0.5) is 0 Å². The van der Waals surface area contributed by atoms with E-state index < -0.39 is 0 Å². The third kappa shape index (κ3) is 18.5. The molecule has 0 saturated carbocycles. The second-order valence-electron chi connectivity index (χ2n) is 4.67. The first kappa shape index (κ1) is 19.5. The zero-order valence-corrected chi connectivity index (χ0v) is 13.7. The highest BCUT2D eigenvalue weighted by Gasteiger charge is 1.93. The van der Waals surface area contributed by atoms with Gasteiger partial charge in [0.05, 0.1) is 0 Å². The maximum Gasteiger partial charge on any atom is 0.0113 e. The predicted molar refractivity (Wildman–Crippen MR) is 89.6 cm³/mol. The number of nitrogens with one attached hydrogen (secondary N) is 5. The molecule has 0 aromatic heterocycles. The molecule has 19 heavy (non-hydrogen) atoms. The van der Waals surface area contributed by atoms with Crippen LogP contribution in [0.1, 0.15) is 64.2 Å². The summed E-state index contributed by atoms with van der Waals surface area (Å²) in [6.45, 7) is 0.963. The summed E-state index contributed by atoms with van der Waals surface area (Å²) in [7, 11) is 0. The Morgan fingerprint density at radius 3 is 1.63 bits per heavy atom. The lowest BCUT2D eigenvalue weighted by atomic mass is 10.1. The van der Waals surface area contributed by atoms with Gasteiger partial charge in [-0.05, 0) is 18.6 Å². The summed E-state index contributed by atoms with van der Waals surface area (Å²) in [6.07, 6.45) is 13.4. The van der Waals surface area contributed by atoms with Crippen molar-refractivity contribution in [3.05, 3.63) is 0 Å². The van der Waals surface area contributed by atoms with Crippen molar-refractivity contribution in [3.8, 4) is 0 Å². The minimum Gasteiger partial charge on any atom is -0.243 e. The fourth-order valence-corrected chi connectivity index (χ4v) is 2.18. The molecule has 0 spiro atoms. The second-order valence-corrected chi connectivity index (χ2v) is 5.34. The number of hydrogen-bond acceptors (Lipinski definition) is 7. The number of rotatable bonds is 16. The molecule has 0 aromatic rings. The van der Waals surface area contributed by atoms with E-state index in [-0.39, 0.29) is 0 Å². The first-order valence-electron chi connectivity index (χ1n) is 7.39. The van der Waals surface area contributed by atoms with Gasteiger partial charge < -0.3 is 0 Å². The van der Waals surface area contributed by atoms with Gasteiger partial charge in [-0.2, -0.15) is 34.1 Å². The van der Waals surface area contributed by atoms with E-state index in [0.29, 0.717) is 0 Å². The molecule has 0 amide bonds. The van der Waals surface area contributed by atoms with Gasteiger partial charge in [0.2, 0.25) is 0 Å².